The number of rotatable bonds is 6. The summed E-state index contributed by atoms with van der Waals surface area (Å²) in [4.78, 5) is 44.5. The zero-order chi connectivity index (χ0) is 25.8. The number of para-hydroxylation sites is 1. The molecule has 1 aliphatic heterocycles. The zero-order valence-corrected chi connectivity index (χ0v) is 19.7. The summed E-state index contributed by atoms with van der Waals surface area (Å²) in [5.41, 5.74) is 2.55. The van der Waals surface area contributed by atoms with Crippen LogP contribution in [0.5, 0.6) is 0 Å². The van der Waals surface area contributed by atoms with Crippen molar-refractivity contribution in [2.24, 2.45) is 4.99 Å². The highest BCUT2D eigenvalue weighted by Crippen LogP contribution is 2.27. The van der Waals surface area contributed by atoms with Crippen LogP contribution in [-0.2, 0) is 20.8 Å². The Morgan fingerprint density at radius 2 is 1.72 bits per heavy atom. The molecule has 0 unspecified atom stereocenters. The van der Waals surface area contributed by atoms with Gasteiger partial charge in [0.2, 0.25) is 18.0 Å². The monoisotopic (exact) mass is 490 g/mol. The summed E-state index contributed by atoms with van der Waals surface area (Å²) in [5, 5.41) is 5.05. The summed E-state index contributed by atoms with van der Waals surface area (Å²) >= 11 is 0. The van der Waals surface area contributed by atoms with Crippen LogP contribution in [-0.4, -0.2) is 42.7 Å². The van der Waals surface area contributed by atoms with Crippen LogP contribution in [0.2, 0.25) is 0 Å². The van der Waals surface area contributed by atoms with Crippen molar-refractivity contribution in [2.45, 2.75) is 25.6 Å². The third-order valence-corrected chi connectivity index (χ3v) is 5.80. The van der Waals surface area contributed by atoms with E-state index in [1.165, 1.54) is 11.8 Å². The van der Waals surface area contributed by atoms with Gasteiger partial charge in [-0.25, -0.2) is 13.8 Å². The van der Waals surface area contributed by atoms with E-state index >= 15 is 0 Å². The Morgan fingerprint density at radius 1 is 1.03 bits per heavy atom. The minimum Gasteiger partial charge on any atom is -0.344 e. The van der Waals surface area contributed by atoms with Crippen LogP contribution < -0.4 is 15.5 Å². The molecule has 3 amide bonds. The molecule has 0 aliphatic carbocycles. The molecule has 3 aromatic rings. The van der Waals surface area contributed by atoms with Gasteiger partial charge in [-0.1, -0.05) is 48.5 Å². The first-order valence-electron chi connectivity index (χ1n) is 11.3. The van der Waals surface area contributed by atoms with Gasteiger partial charge in [0.05, 0.1) is 17.8 Å². The first kappa shape index (κ1) is 24.7. The van der Waals surface area contributed by atoms with Crippen LogP contribution in [0.15, 0.2) is 77.8 Å². The summed E-state index contributed by atoms with van der Waals surface area (Å²) < 4.78 is 27.3. The molecule has 3 aromatic carbocycles. The molecule has 0 fully saturated rings. The molecule has 184 valence electrons. The van der Waals surface area contributed by atoms with Crippen LogP contribution in [0.25, 0.3) is 0 Å². The molecule has 0 radical (unpaired) electrons. The smallest absolute Gasteiger partial charge is 0.272 e. The second-order valence-electron chi connectivity index (χ2n) is 8.37. The second-order valence-corrected chi connectivity index (χ2v) is 8.37. The number of hydrogen-bond donors (Lipinski definition) is 2. The standard InChI is InChI=1S/C27H24F2N4O3/c1-16(30-23(34)15-18-14-19(28)12-13-21(18)29)26(35)32-25-27(36)33(2)22-11-7-6-10-20(22)24(31-25)17-8-4-3-5-9-17/h3-14,16,25H,15H2,1-2H3,(H,30,34)(H,32,35)/t16-,25+/m0/s1. The highest BCUT2D eigenvalue weighted by atomic mass is 19.1. The quantitative estimate of drug-likeness (QED) is 0.557. The number of amides is 3. The third-order valence-electron chi connectivity index (χ3n) is 5.80. The molecular formula is C27H24F2N4O3. The van der Waals surface area contributed by atoms with Crippen molar-refractivity contribution in [3.8, 4) is 0 Å². The topological polar surface area (TPSA) is 90.9 Å². The average Bonchev–Trinajstić information content (AvgIpc) is 2.97. The molecule has 2 N–H and O–H groups in total. The number of aliphatic imine (C=N–C) groups is 1. The molecule has 0 bridgehead atoms. The Kier molecular flexibility index (Phi) is 7.19. The lowest BCUT2D eigenvalue weighted by Crippen LogP contribution is -2.52. The Morgan fingerprint density at radius 3 is 2.47 bits per heavy atom. The van der Waals surface area contributed by atoms with Crippen molar-refractivity contribution < 1.29 is 23.2 Å². The van der Waals surface area contributed by atoms with Gasteiger partial charge in [-0.15, -0.1) is 0 Å². The van der Waals surface area contributed by atoms with Crippen LogP contribution in [0.3, 0.4) is 0 Å². The highest BCUT2D eigenvalue weighted by molar-refractivity contribution is 6.20. The van der Waals surface area contributed by atoms with E-state index in [9.17, 15) is 23.2 Å². The van der Waals surface area contributed by atoms with E-state index in [0.717, 1.165) is 29.3 Å². The largest absolute Gasteiger partial charge is 0.344 e. The molecule has 0 saturated heterocycles. The normalized spacial score (nSPS) is 15.9. The van der Waals surface area contributed by atoms with Gasteiger partial charge in [-0.2, -0.15) is 0 Å². The van der Waals surface area contributed by atoms with Crippen LogP contribution in [0, 0.1) is 11.6 Å². The number of carbonyl (C=O) groups is 3. The fourth-order valence-electron chi connectivity index (χ4n) is 3.91. The van der Waals surface area contributed by atoms with Crippen molar-refractivity contribution in [3.05, 3.63) is 101 Å². The second kappa shape index (κ2) is 10.5. The number of hydrogen-bond acceptors (Lipinski definition) is 4. The van der Waals surface area contributed by atoms with Gasteiger partial charge >= 0.3 is 0 Å². The lowest BCUT2D eigenvalue weighted by molar-refractivity contribution is -0.130. The van der Waals surface area contributed by atoms with Gasteiger partial charge in [-0.05, 0) is 31.2 Å². The third kappa shape index (κ3) is 5.30. The lowest BCUT2D eigenvalue weighted by atomic mass is 10.0. The van der Waals surface area contributed by atoms with E-state index in [1.807, 2.05) is 48.5 Å². The van der Waals surface area contributed by atoms with Crippen molar-refractivity contribution in [1.82, 2.24) is 10.6 Å². The number of anilines is 1. The molecule has 36 heavy (non-hydrogen) atoms. The molecule has 4 rings (SSSR count). The molecule has 2 atom stereocenters. The predicted molar refractivity (Wildman–Crippen MR) is 132 cm³/mol. The number of likely N-dealkylation sites (N-methyl/N-ethyl adjacent to an activating group) is 1. The van der Waals surface area contributed by atoms with Crippen LogP contribution in [0.4, 0.5) is 14.5 Å². The summed E-state index contributed by atoms with van der Waals surface area (Å²) in [6.07, 6.45) is -1.69. The molecule has 1 heterocycles. The Bertz CT molecular complexity index is 1340. The van der Waals surface area contributed by atoms with Crippen LogP contribution in [0.1, 0.15) is 23.6 Å². The SMILES string of the molecule is C[C@H](NC(=O)Cc1cc(F)ccc1F)C(=O)N[C@H]1N=C(c2ccccc2)c2ccccc2N(C)C1=O. The molecule has 0 saturated carbocycles. The maximum atomic E-state index is 13.9. The van der Waals surface area contributed by atoms with E-state index in [2.05, 4.69) is 15.6 Å². The van der Waals surface area contributed by atoms with Gasteiger partial charge in [0.25, 0.3) is 5.91 Å². The number of benzene rings is 3. The fraction of sp³-hybridized carbons (Fsp3) is 0.185. The first-order chi connectivity index (χ1) is 17.2. The van der Waals surface area contributed by atoms with Gasteiger partial charge in [-0.3, -0.25) is 14.4 Å². The molecular weight excluding hydrogens is 466 g/mol. The Hall–Kier alpha value is -4.40. The first-order valence-corrected chi connectivity index (χ1v) is 11.3. The van der Waals surface area contributed by atoms with E-state index in [0.29, 0.717) is 11.4 Å². The maximum absolute atomic E-state index is 13.9. The number of fused-ring (bicyclic) bond motifs is 1. The Balaban J connectivity index is 1.54. The summed E-state index contributed by atoms with van der Waals surface area (Å²) in [5.74, 6) is -3.18. The van der Waals surface area contributed by atoms with Crippen LogP contribution >= 0.6 is 0 Å². The van der Waals surface area contributed by atoms with E-state index in [1.54, 1.807) is 13.1 Å². The van der Waals surface area contributed by atoms with E-state index in [-0.39, 0.29) is 5.56 Å². The van der Waals surface area contributed by atoms with E-state index in [4.69, 9.17) is 0 Å². The number of nitrogens with zero attached hydrogens (tertiary/aromatic N) is 2. The van der Waals surface area contributed by atoms with Gasteiger partial charge < -0.3 is 15.5 Å². The summed E-state index contributed by atoms with van der Waals surface area (Å²) in [6, 6.07) is 18.3. The number of halogens is 2. The molecule has 7 nitrogen and oxygen atoms in total. The average molecular weight is 491 g/mol. The van der Waals surface area contributed by atoms with Gasteiger partial charge in [0, 0.05) is 23.7 Å². The molecule has 9 heteroatoms. The number of carbonyl (C=O) groups excluding carboxylic acids is 3. The summed E-state index contributed by atoms with van der Waals surface area (Å²) in [7, 11) is 1.60. The summed E-state index contributed by atoms with van der Waals surface area (Å²) in [6.45, 7) is 1.43. The van der Waals surface area contributed by atoms with Crippen molar-refractivity contribution in [1.29, 1.82) is 0 Å². The minimum absolute atomic E-state index is 0.129. The molecule has 1 aliphatic rings. The van der Waals surface area contributed by atoms with Crippen molar-refractivity contribution in [3.63, 3.8) is 0 Å². The Labute approximate surface area is 206 Å². The minimum atomic E-state index is -1.25. The number of benzodiazepines with no additional fused rings is 1. The molecule has 0 spiro atoms. The van der Waals surface area contributed by atoms with Gasteiger partial charge in [0.15, 0.2) is 0 Å². The fourth-order valence-corrected chi connectivity index (χ4v) is 3.91. The lowest BCUT2D eigenvalue weighted by Gasteiger charge is -2.22. The van der Waals surface area contributed by atoms with E-state index < -0.39 is 48.0 Å². The highest BCUT2D eigenvalue weighted by Gasteiger charge is 2.32. The molecule has 0 aromatic heterocycles. The number of nitrogens with one attached hydrogen (secondary N) is 2. The van der Waals surface area contributed by atoms with Crippen molar-refractivity contribution in [2.75, 3.05) is 11.9 Å². The predicted octanol–water partition coefficient (Wildman–Crippen LogP) is 2.97. The maximum Gasteiger partial charge on any atom is 0.272 e. The van der Waals surface area contributed by atoms with Gasteiger partial charge in [0.1, 0.15) is 17.7 Å². The zero-order valence-electron chi connectivity index (χ0n) is 19.7. The van der Waals surface area contributed by atoms with Crippen molar-refractivity contribution >= 4 is 29.1 Å².